The van der Waals surface area contributed by atoms with Crippen LogP contribution in [0.25, 0.3) is 11.2 Å². The largest absolute Gasteiger partial charge is 0.481 e. The highest BCUT2D eigenvalue weighted by molar-refractivity contribution is 7.61. The zero-order valence-electron chi connectivity index (χ0n) is 22.2. The Morgan fingerprint density at radius 2 is 1.70 bits per heavy atom. The second-order valence-electron chi connectivity index (χ2n) is 9.64. The molecule has 240 valence electrons. The van der Waals surface area contributed by atoms with Gasteiger partial charge < -0.3 is 46.0 Å². The first kappa shape index (κ1) is 32.4. The van der Waals surface area contributed by atoms with Crippen LogP contribution < -0.4 is 16.0 Å². The van der Waals surface area contributed by atoms with Crippen molar-refractivity contribution in [3.8, 4) is 0 Å². The van der Waals surface area contributed by atoms with Crippen LogP contribution in [0, 0.1) is 0 Å². The number of alkyl halides is 1. The molecule has 3 aromatic heterocycles. The summed E-state index contributed by atoms with van der Waals surface area (Å²) in [6.07, 6.45) is -8.14. The molecular weight excluding hydrogens is 639 g/mol. The highest BCUT2D eigenvalue weighted by atomic mass is 31.3. The van der Waals surface area contributed by atoms with E-state index < -0.39 is 83.9 Å². The third-order valence-electron chi connectivity index (χ3n) is 6.70. The quantitative estimate of drug-likeness (QED) is 0.0856. The van der Waals surface area contributed by atoms with Crippen LogP contribution in [0.4, 0.5) is 10.2 Å². The van der Waals surface area contributed by atoms with Gasteiger partial charge in [0.05, 0.1) is 19.5 Å². The van der Waals surface area contributed by atoms with Gasteiger partial charge in [0.15, 0.2) is 30.1 Å². The predicted molar refractivity (Wildman–Crippen MR) is 138 cm³/mol. The number of amides is 1. The minimum Gasteiger partial charge on any atom is -0.387 e. The molecule has 0 aromatic carbocycles. The van der Waals surface area contributed by atoms with E-state index in [2.05, 4.69) is 28.3 Å². The van der Waals surface area contributed by atoms with Crippen LogP contribution in [0.5, 0.6) is 0 Å². The summed E-state index contributed by atoms with van der Waals surface area (Å²) in [5, 5.41) is 31.1. The van der Waals surface area contributed by atoms with E-state index >= 15 is 0 Å². The number of imidazole rings is 1. The van der Waals surface area contributed by atoms with Gasteiger partial charge in [-0.1, -0.05) is 0 Å². The number of nitrogens with zero attached hydrogens (tertiary/aromatic N) is 5. The molecule has 0 radical (unpaired) electrons. The van der Waals surface area contributed by atoms with Gasteiger partial charge >= 0.3 is 15.6 Å². The van der Waals surface area contributed by atoms with Crippen molar-refractivity contribution >= 4 is 38.5 Å². The second kappa shape index (κ2) is 12.4. The van der Waals surface area contributed by atoms with Gasteiger partial charge in [0.2, 0.25) is 6.17 Å². The molecule has 1 amide bonds. The summed E-state index contributed by atoms with van der Waals surface area (Å²) >= 11 is 0. The number of phosphoric acid groups is 2. The first-order valence-corrected chi connectivity index (χ1v) is 15.6. The van der Waals surface area contributed by atoms with Crippen molar-refractivity contribution in [2.24, 2.45) is 5.73 Å². The van der Waals surface area contributed by atoms with Gasteiger partial charge in [0, 0.05) is 6.07 Å². The Labute approximate surface area is 245 Å². The Hall–Kier alpha value is -3.04. The zero-order valence-corrected chi connectivity index (χ0v) is 24.0. The molecule has 0 aliphatic carbocycles. The van der Waals surface area contributed by atoms with E-state index in [9.17, 15) is 43.4 Å². The van der Waals surface area contributed by atoms with E-state index in [1.165, 1.54) is 35.4 Å². The number of carbonyl (C=O) groups excluding carboxylic acids is 1. The average Bonchev–Trinajstić information content (AvgIpc) is 3.61. The van der Waals surface area contributed by atoms with Gasteiger partial charge in [-0.05, 0) is 6.07 Å². The Morgan fingerprint density at radius 1 is 1.05 bits per heavy atom. The maximum Gasteiger partial charge on any atom is 0.481 e. The van der Waals surface area contributed by atoms with Crippen molar-refractivity contribution in [2.75, 3.05) is 18.9 Å². The lowest BCUT2D eigenvalue weighted by molar-refractivity contribution is -0.764. The monoisotopic (exact) mass is 666 g/mol. The topological polar surface area (TPSA) is 298 Å². The number of primary amides is 1. The van der Waals surface area contributed by atoms with Gasteiger partial charge in [-0.15, -0.1) is 0 Å². The number of aliphatic hydroxyl groups excluding tert-OH is 3. The molecule has 9 N–H and O–H groups in total. The number of anilines is 1. The first-order valence-electron chi connectivity index (χ1n) is 12.6. The highest BCUT2D eigenvalue weighted by Gasteiger charge is 2.51. The number of halogens is 1. The lowest BCUT2D eigenvalue weighted by Crippen LogP contribution is -2.45. The Morgan fingerprint density at radius 3 is 2.36 bits per heavy atom. The molecule has 0 bridgehead atoms. The molecule has 23 heteroatoms. The molecule has 44 heavy (non-hydrogen) atoms. The van der Waals surface area contributed by atoms with Crippen molar-refractivity contribution < 1.29 is 70.8 Å². The summed E-state index contributed by atoms with van der Waals surface area (Å²) in [5.41, 5.74) is 11.3. The standard InChI is InChI=1S/C21H26FN7O13P2/c22-12-14(30)10(40-20(12)28-3-1-2-9(4-28)18(24)33)5-38-43(34,35)42-44(36,37)39-6-11-15(31)16(32)21(41-11)29-8-27-13-17(23)25-7-26-19(13)29/h1-4,7-8,10-12,14-16,20-21,30-32H,5-6H2,(H5-,23,24,25,26,33,34,35,36,37)/p+1. The molecule has 2 saturated heterocycles. The number of hydrogen-bond donors (Lipinski definition) is 7. The minimum absolute atomic E-state index is 0.0139. The van der Waals surface area contributed by atoms with E-state index in [4.69, 9.17) is 20.9 Å². The third kappa shape index (κ3) is 6.64. The molecule has 3 aromatic rings. The fraction of sp³-hybridized carbons (Fsp3) is 0.476. The third-order valence-corrected chi connectivity index (χ3v) is 9.30. The number of nitrogen functional groups attached to an aromatic ring is 1. The number of hydrogen-bond acceptors (Lipinski definition) is 15. The number of nitrogens with two attached hydrogens (primary N) is 2. The molecule has 2 aliphatic rings. The number of aliphatic hydroxyl groups is 3. The predicted octanol–water partition coefficient (Wildman–Crippen LogP) is -2.04. The smallest absolute Gasteiger partial charge is 0.387 e. The van der Waals surface area contributed by atoms with Crippen molar-refractivity contribution in [1.82, 2.24) is 19.5 Å². The van der Waals surface area contributed by atoms with Crippen LogP contribution in [0.1, 0.15) is 22.8 Å². The lowest BCUT2D eigenvalue weighted by Gasteiger charge is -2.20. The fourth-order valence-electron chi connectivity index (χ4n) is 4.54. The molecule has 5 heterocycles. The number of aromatic nitrogens is 5. The summed E-state index contributed by atoms with van der Waals surface area (Å²) in [7, 11) is -10.8. The van der Waals surface area contributed by atoms with E-state index in [1.54, 1.807) is 0 Å². The molecule has 2 aliphatic heterocycles. The normalized spacial score (nSPS) is 31.6. The molecule has 2 fully saturated rings. The number of pyridine rings is 1. The SMILES string of the molecule is NC(=O)c1ccc[n+](C2OC(COP(=O)(O)OP(=O)(O)OCC3OC(n4cnc5c(N)ncnc54)C(O)C3O)C(O)C2F)c1. The number of rotatable bonds is 11. The van der Waals surface area contributed by atoms with Crippen molar-refractivity contribution in [1.29, 1.82) is 0 Å². The molecule has 0 saturated carbocycles. The van der Waals surface area contributed by atoms with Crippen LogP contribution in [0.2, 0.25) is 0 Å². The zero-order chi connectivity index (χ0) is 32.0. The molecule has 20 nitrogen and oxygen atoms in total. The van der Waals surface area contributed by atoms with Crippen LogP contribution in [-0.2, 0) is 32.0 Å². The number of phosphoric ester groups is 2. The average molecular weight is 666 g/mol. The van der Waals surface area contributed by atoms with Gasteiger partial charge in [-0.25, -0.2) is 28.5 Å². The summed E-state index contributed by atoms with van der Waals surface area (Å²) in [5.74, 6) is -0.761. The van der Waals surface area contributed by atoms with Crippen molar-refractivity contribution in [2.45, 2.75) is 49.1 Å². The van der Waals surface area contributed by atoms with Crippen LogP contribution in [-0.4, -0.2) is 100 Å². The molecule has 10 unspecified atom stereocenters. The van der Waals surface area contributed by atoms with Gasteiger partial charge in [0.1, 0.15) is 47.9 Å². The first-order chi connectivity index (χ1) is 20.7. The Balaban J connectivity index is 1.16. The summed E-state index contributed by atoms with van der Waals surface area (Å²) in [6.45, 7) is -1.89. The van der Waals surface area contributed by atoms with E-state index in [0.29, 0.717) is 0 Å². The molecular formula is C21H27FN7O13P2+. The van der Waals surface area contributed by atoms with E-state index in [-0.39, 0.29) is 22.5 Å². The summed E-state index contributed by atoms with van der Waals surface area (Å²) < 4.78 is 66.4. The maximum atomic E-state index is 14.8. The molecule has 10 atom stereocenters. The van der Waals surface area contributed by atoms with Gasteiger partial charge in [0.25, 0.3) is 12.1 Å². The number of ether oxygens (including phenoxy) is 2. The Bertz CT molecular complexity index is 1630. The number of carbonyl (C=O) groups is 1. The Kier molecular flexibility index (Phi) is 9.11. The van der Waals surface area contributed by atoms with Crippen LogP contribution in [0.3, 0.4) is 0 Å². The number of fused-ring (bicyclic) bond motifs is 1. The lowest BCUT2D eigenvalue weighted by atomic mass is 10.1. The minimum atomic E-state index is -5.41. The van der Waals surface area contributed by atoms with Crippen LogP contribution >= 0.6 is 15.6 Å². The van der Waals surface area contributed by atoms with Crippen molar-refractivity contribution in [3.63, 3.8) is 0 Å². The van der Waals surface area contributed by atoms with Crippen molar-refractivity contribution in [3.05, 3.63) is 42.7 Å². The van der Waals surface area contributed by atoms with E-state index in [1.807, 2.05) is 0 Å². The summed E-state index contributed by atoms with van der Waals surface area (Å²) in [6, 6.07) is 2.74. The summed E-state index contributed by atoms with van der Waals surface area (Å²) in [4.78, 5) is 43.2. The van der Waals surface area contributed by atoms with Gasteiger partial charge in [-0.2, -0.15) is 8.88 Å². The molecule has 0 spiro atoms. The molecule has 5 rings (SSSR count). The maximum absolute atomic E-state index is 14.8. The van der Waals surface area contributed by atoms with E-state index in [0.717, 1.165) is 10.9 Å². The fourth-order valence-corrected chi connectivity index (χ4v) is 6.63. The highest BCUT2D eigenvalue weighted by Crippen LogP contribution is 2.60. The van der Waals surface area contributed by atoms with Gasteiger partial charge in [-0.3, -0.25) is 18.4 Å². The second-order valence-corrected chi connectivity index (χ2v) is 12.7. The van der Waals surface area contributed by atoms with Crippen LogP contribution in [0.15, 0.2) is 37.2 Å².